The fourth-order valence-electron chi connectivity index (χ4n) is 4.63. The first kappa shape index (κ1) is 20.6. The van der Waals surface area contributed by atoms with Crippen LogP contribution in [0.25, 0.3) is 0 Å². The van der Waals surface area contributed by atoms with Gasteiger partial charge in [-0.05, 0) is 49.3 Å². The molecule has 0 saturated carbocycles. The zero-order valence-corrected chi connectivity index (χ0v) is 18.3. The summed E-state index contributed by atoms with van der Waals surface area (Å²) in [5.74, 6) is 0.522. The second-order valence-electron chi connectivity index (χ2n) is 7.85. The zero-order valence-electron chi connectivity index (χ0n) is 17.5. The molecular weight excluding hydrogens is 398 g/mol. The number of para-hydroxylation sites is 1. The molecule has 0 amide bonds. The monoisotopic (exact) mass is 425 g/mol. The van der Waals surface area contributed by atoms with Crippen LogP contribution in [0.4, 0.5) is 11.5 Å². The molecule has 3 heterocycles. The van der Waals surface area contributed by atoms with Crippen LogP contribution in [-0.4, -0.2) is 43.5 Å². The molecule has 0 aliphatic carbocycles. The number of benzene rings is 1. The minimum Gasteiger partial charge on any atom is -0.353 e. The normalized spacial score (nSPS) is 18.9. The lowest BCUT2D eigenvalue weighted by Gasteiger charge is -2.36. The molecule has 2 aliphatic heterocycles. The van der Waals surface area contributed by atoms with Crippen molar-refractivity contribution in [3.8, 4) is 6.07 Å². The van der Waals surface area contributed by atoms with Crippen LogP contribution in [0.5, 0.6) is 0 Å². The van der Waals surface area contributed by atoms with Gasteiger partial charge in [-0.15, -0.1) is 5.10 Å². The van der Waals surface area contributed by atoms with Crippen molar-refractivity contribution in [2.45, 2.75) is 51.2 Å². The Kier molecular flexibility index (Phi) is 5.65. The van der Waals surface area contributed by atoms with Crippen molar-refractivity contribution < 1.29 is 8.42 Å². The lowest BCUT2D eigenvalue weighted by Crippen LogP contribution is -2.48. The van der Waals surface area contributed by atoms with Crippen LogP contribution in [0.1, 0.15) is 49.1 Å². The summed E-state index contributed by atoms with van der Waals surface area (Å²) in [4.78, 5) is 1.94. The number of aryl methyl sites for hydroxylation is 1. The van der Waals surface area contributed by atoms with Crippen LogP contribution in [-0.2, 0) is 29.3 Å². The SMILES string of the molecule is CCc1nnc(N2CCCC(S(=O)(=O)N3CCc4ccccc43)C2)c(C#N)c1CC. The van der Waals surface area contributed by atoms with Gasteiger partial charge in [0, 0.05) is 19.6 Å². The molecule has 2 aliphatic rings. The maximum absolute atomic E-state index is 13.5. The van der Waals surface area contributed by atoms with E-state index in [1.165, 1.54) is 0 Å². The van der Waals surface area contributed by atoms with Crippen molar-refractivity contribution in [1.82, 2.24) is 10.2 Å². The molecule has 0 radical (unpaired) electrons. The summed E-state index contributed by atoms with van der Waals surface area (Å²) in [6.45, 7) is 5.52. The highest BCUT2D eigenvalue weighted by Crippen LogP contribution is 2.34. The molecule has 7 nitrogen and oxygen atoms in total. The number of nitrogens with zero attached hydrogens (tertiary/aromatic N) is 5. The van der Waals surface area contributed by atoms with Crippen LogP contribution in [0.3, 0.4) is 0 Å². The van der Waals surface area contributed by atoms with E-state index in [9.17, 15) is 13.7 Å². The highest BCUT2D eigenvalue weighted by atomic mass is 32.2. The molecular formula is C22H27N5O2S. The van der Waals surface area contributed by atoms with E-state index in [0.29, 0.717) is 43.9 Å². The Balaban J connectivity index is 1.64. The fraction of sp³-hybridized carbons (Fsp3) is 0.500. The number of hydrogen-bond donors (Lipinski definition) is 0. The van der Waals surface area contributed by atoms with Crippen molar-refractivity contribution in [2.24, 2.45) is 0 Å². The van der Waals surface area contributed by atoms with Crippen molar-refractivity contribution in [1.29, 1.82) is 5.26 Å². The third-order valence-corrected chi connectivity index (χ3v) is 8.41. The molecule has 1 aromatic heterocycles. The fourth-order valence-corrected chi connectivity index (χ4v) is 6.62. The third kappa shape index (κ3) is 3.41. The molecule has 4 rings (SSSR count). The van der Waals surface area contributed by atoms with Gasteiger partial charge < -0.3 is 4.90 Å². The van der Waals surface area contributed by atoms with Crippen LogP contribution in [0, 0.1) is 11.3 Å². The van der Waals surface area contributed by atoms with Crippen molar-refractivity contribution in [3.63, 3.8) is 0 Å². The highest BCUT2D eigenvalue weighted by molar-refractivity contribution is 7.93. The Morgan fingerprint density at radius 3 is 2.70 bits per heavy atom. The molecule has 1 unspecified atom stereocenters. The first-order valence-electron chi connectivity index (χ1n) is 10.6. The average molecular weight is 426 g/mol. The Labute approximate surface area is 178 Å². The number of hydrogen-bond acceptors (Lipinski definition) is 6. The van der Waals surface area contributed by atoms with Crippen molar-refractivity contribution >= 4 is 21.5 Å². The van der Waals surface area contributed by atoms with E-state index in [0.717, 1.165) is 41.8 Å². The number of sulfonamides is 1. The first-order valence-corrected chi connectivity index (χ1v) is 12.1. The Morgan fingerprint density at radius 2 is 1.97 bits per heavy atom. The van der Waals surface area contributed by atoms with Gasteiger partial charge in [-0.25, -0.2) is 8.42 Å². The lowest BCUT2D eigenvalue weighted by molar-refractivity contribution is 0.526. The topological polar surface area (TPSA) is 90.2 Å². The van der Waals surface area contributed by atoms with Crippen LogP contribution in [0.2, 0.25) is 0 Å². The van der Waals surface area contributed by atoms with E-state index >= 15 is 0 Å². The average Bonchev–Trinajstić information content (AvgIpc) is 3.23. The van der Waals surface area contributed by atoms with E-state index in [4.69, 9.17) is 0 Å². The molecule has 1 aromatic carbocycles. The number of nitriles is 1. The molecule has 1 atom stereocenters. The molecule has 0 spiro atoms. The summed E-state index contributed by atoms with van der Waals surface area (Å²) in [5.41, 5.74) is 4.17. The number of anilines is 2. The van der Waals surface area contributed by atoms with Crippen LogP contribution in [0.15, 0.2) is 24.3 Å². The minimum absolute atomic E-state index is 0.332. The largest absolute Gasteiger partial charge is 0.353 e. The number of piperidine rings is 1. The summed E-state index contributed by atoms with van der Waals surface area (Å²) >= 11 is 0. The predicted octanol–water partition coefficient (Wildman–Crippen LogP) is 2.83. The maximum Gasteiger partial charge on any atom is 0.239 e. The second-order valence-corrected chi connectivity index (χ2v) is 9.99. The summed E-state index contributed by atoms with van der Waals surface area (Å²) in [6.07, 6.45) is 3.52. The van der Waals surface area contributed by atoms with E-state index in [2.05, 4.69) is 16.3 Å². The van der Waals surface area contributed by atoms with Crippen molar-refractivity contribution in [3.05, 3.63) is 46.6 Å². The Hall–Kier alpha value is -2.66. The molecule has 30 heavy (non-hydrogen) atoms. The molecule has 1 saturated heterocycles. The Morgan fingerprint density at radius 1 is 1.17 bits per heavy atom. The van der Waals surface area contributed by atoms with Gasteiger partial charge in [0.2, 0.25) is 10.0 Å². The molecule has 0 bridgehead atoms. The van der Waals surface area contributed by atoms with Crippen LogP contribution >= 0.6 is 0 Å². The van der Waals surface area contributed by atoms with Gasteiger partial charge in [0.25, 0.3) is 0 Å². The zero-order chi connectivity index (χ0) is 21.3. The summed E-state index contributed by atoms with van der Waals surface area (Å²) < 4.78 is 28.6. The van der Waals surface area contributed by atoms with Gasteiger partial charge in [-0.1, -0.05) is 32.0 Å². The Bertz CT molecular complexity index is 1090. The highest BCUT2D eigenvalue weighted by Gasteiger charge is 2.39. The molecule has 0 N–H and O–H groups in total. The summed E-state index contributed by atoms with van der Waals surface area (Å²) in [5, 5.41) is 18.0. The van der Waals surface area contributed by atoms with E-state index < -0.39 is 15.3 Å². The van der Waals surface area contributed by atoms with Gasteiger partial charge in [-0.3, -0.25) is 4.31 Å². The van der Waals surface area contributed by atoms with Gasteiger partial charge >= 0.3 is 0 Å². The number of fused-ring (bicyclic) bond motifs is 1. The molecule has 2 aromatic rings. The summed E-state index contributed by atoms with van der Waals surface area (Å²) in [7, 11) is -3.50. The van der Waals surface area contributed by atoms with Crippen LogP contribution < -0.4 is 9.21 Å². The standard InChI is InChI=1S/C22H27N5O2S/c1-3-18-19(14-23)22(25-24-20(18)4-2)26-12-7-9-17(15-26)30(28,29)27-13-11-16-8-5-6-10-21(16)27/h5-6,8,10,17H,3-4,7,9,11-13,15H2,1-2H3. The van der Waals surface area contributed by atoms with Crippen molar-refractivity contribution in [2.75, 3.05) is 28.8 Å². The molecule has 1 fully saturated rings. The minimum atomic E-state index is -3.50. The van der Waals surface area contributed by atoms with E-state index in [1.807, 2.05) is 43.0 Å². The molecule has 8 heteroatoms. The predicted molar refractivity (Wildman–Crippen MR) is 117 cm³/mol. The van der Waals surface area contributed by atoms with Gasteiger partial charge in [-0.2, -0.15) is 10.4 Å². The lowest BCUT2D eigenvalue weighted by atomic mass is 10.0. The van der Waals surface area contributed by atoms with Gasteiger partial charge in [0.05, 0.1) is 16.6 Å². The smallest absolute Gasteiger partial charge is 0.239 e. The van der Waals surface area contributed by atoms with E-state index in [-0.39, 0.29) is 0 Å². The maximum atomic E-state index is 13.5. The van der Waals surface area contributed by atoms with Gasteiger partial charge in [0.1, 0.15) is 11.6 Å². The first-order chi connectivity index (χ1) is 14.5. The van der Waals surface area contributed by atoms with E-state index in [1.54, 1.807) is 4.31 Å². The van der Waals surface area contributed by atoms with Gasteiger partial charge in [0.15, 0.2) is 5.82 Å². The third-order valence-electron chi connectivity index (χ3n) is 6.19. The number of rotatable bonds is 5. The second kappa shape index (κ2) is 8.23. The molecule has 158 valence electrons. The summed E-state index contributed by atoms with van der Waals surface area (Å²) in [6, 6.07) is 10.0. The number of aromatic nitrogens is 2. The quantitative estimate of drug-likeness (QED) is 0.732.